The topological polar surface area (TPSA) is 94.6 Å². The van der Waals surface area contributed by atoms with Crippen molar-refractivity contribution in [3.63, 3.8) is 0 Å². The monoisotopic (exact) mass is 376 g/mol. The molecule has 2 aromatic heterocycles. The Bertz CT molecular complexity index is 813. The molecule has 9 heteroatoms. The molecular weight excluding hydrogens is 356 g/mol. The van der Waals surface area contributed by atoms with Crippen molar-refractivity contribution in [2.24, 2.45) is 0 Å². The number of rotatable bonds is 9. The number of hydrogen-bond donors (Lipinski definition) is 2. The molecule has 138 valence electrons. The average Bonchev–Trinajstić information content (AvgIpc) is 3.34. The molecule has 0 aliphatic rings. The van der Waals surface area contributed by atoms with Crippen LogP contribution in [0.4, 0.5) is 5.95 Å². The van der Waals surface area contributed by atoms with Crippen LogP contribution in [-0.4, -0.2) is 46.5 Å². The number of anilines is 1. The van der Waals surface area contributed by atoms with E-state index in [1.807, 2.05) is 24.3 Å². The van der Waals surface area contributed by atoms with Crippen LogP contribution in [0, 0.1) is 0 Å². The number of benzene rings is 1. The van der Waals surface area contributed by atoms with Gasteiger partial charge in [0.15, 0.2) is 5.76 Å². The molecule has 0 aliphatic carbocycles. The van der Waals surface area contributed by atoms with Gasteiger partial charge in [0, 0.05) is 12.4 Å². The van der Waals surface area contributed by atoms with Crippen molar-refractivity contribution >= 4 is 17.9 Å². The van der Waals surface area contributed by atoms with Gasteiger partial charge in [-0.2, -0.15) is 0 Å². The molecule has 8 nitrogen and oxygen atoms in total. The first-order chi connectivity index (χ1) is 12.8. The van der Waals surface area contributed by atoms with Gasteiger partial charge >= 0.3 is 0 Å². The van der Waals surface area contributed by atoms with Crippen LogP contribution >= 0.6 is 11.9 Å². The van der Waals surface area contributed by atoms with Gasteiger partial charge in [-0.05, 0) is 30.7 Å². The zero-order chi connectivity index (χ0) is 18.4. The number of hydrogen-bond acceptors (Lipinski definition) is 8. The fourth-order valence-electron chi connectivity index (χ4n) is 2.43. The normalized spacial score (nSPS) is 10.7. The highest BCUT2D eigenvalue weighted by Gasteiger charge is 2.23. The van der Waals surface area contributed by atoms with Crippen molar-refractivity contribution < 1.29 is 19.0 Å². The van der Waals surface area contributed by atoms with Crippen LogP contribution in [0.2, 0.25) is 0 Å². The zero-order valence-corrected chi connectivity index (χ0v) is 15.3. The Balaban J connectivity index is 2.10. The maximum absolute atomic E-state index is 8.94. The molecule has 0 bridgehead atoms. The second-order valence-corrected chi connectivity index (χ2v) is 6.10. The highest BCUT2D eigenvalue weighted by Crippen LogP contribution is 2.37. The van der Waals surface area contributed by atoms with Crippen LogP contribution in [0.1, 0.15) is 6.42 Å². The van der Waals surface area contributed by atoms with E-state index in [0.717, 1.165) is 5.75 Å². The lowest BCUT2D eigenvalue weighted by molar-refractivity contribution is 0.296. The zero-order valence-electron chi connectivity index (χ0n) is 14.5. The second-order valence-electron chi connectivity index (χ2n) is 5.20. The van der Waals surface area contributed by atoms with E-state index in [1.165, 1.54) is 11.9 Å². The third-order valence-corrected chi connectivity index (χ3v) is 4.42. The van der Waals surface area contributed by atoms with E-state index in [9.17, 15) is 0 Å². The standard InChI is InChI=1S/C17H20N4O4S/c1-23-12-6-3-7-13(24-2)15(12)21-16(14-8-4-10-25-14)18-19-17(21)20-26-11-5-9-22/h3-4,6-8,10,22H,5,9,11H2,1-2H3,(H,19,20). The van der Waals surface area contributed by atoms with Crippen molar-refractivity contribution in [2.75, 3.05) is 31.3 Å². The van der Waals surface area contributed by atoms with Gasteiger partial charge < -0.3 is 19.0 Å². The Kier molecular flexibility index (Phi) is 6.03. The number of ether oxygens (including phenoxy) is 2. The van der Waals surface area contributed by atoms with Gasteiger partial charge in [0.2, 0.25) is 11.8 Å². The lowest BCUT2D eigenvalue weighted by Crippen LogP contribution is -2.06. The van der Waals surface area contributed by atoms with Gasteiger partial charge in [-0.25, -0.2) is 0 Å². The summed E-state index contributed by atoms with van der Waals surface area (Å²) >= 11 is 1.43. The van der Waals surface area contributed by atoms with Crippen molar-refractivity contribution in [2.45, 2.75) is 6.42 Å². The number of para-hydroxylation sites is 1. The number of methoxy groups -OCH3 is 2. The molecule has 0 fully saturated rings. The summed E-state index contributed by atoms with van der Waals surface area (Å²) in [6.07, 6.45) is 2.26. The van der Waals surface area contributed by atoms with Gasteiger partial charge in [0.05, 0.1) is 20.5 Å². The molecule has 3 rings (SSSR count). The summed E-state index contributed by atoms with van der Waals surface area (Å²) in [5.74, 6) is 3.53. The Morgan fingerprint density at radius 2 is 1.92 bits per heavy atom. The highest BCUT2D eigenvalue weighted by atomic mass is 32.2. The van der Waals surface area contributed by atoms with Gasteiger partial charge in [0.25, 0.3) is 0 Å². The second kappa shape index (κ2) is 8.63. The molecule has 0 unspecified atom stereocenters. The van der Waals surface area contributed by atoms with E-state index in [2.05, 4.69) is 14.9 Å². The summed E-state index contributed by atoms with van der Waals surface area (Å²) in [5, 5.41) is 17.5. The van der Waals surface area contributed by atoms with Gasteiger partial charge in [-0.15, -0.1) is 10.2 Å². The Morgan fingerprint density at radius 3 is 2.54 bits per heavy atom. The Hall–Kier alpha value is -2.65. The fraction of sp³-hybridized carbons (Fsp3) is 0.294. The molecule has 0 saturated carbocycles. The first kappa shape index (κ1) is 18.2. The number of nitrogens with one attached hydrogen (secondary N) is 1. The molecule has 2 heterocycles. The average molecular weight is 376 g/mol. The Morgan fingerprint density at radius 1 is 1.15 bits per heavy atom. The van der Waals surface area contributed by atoms with Crippen LogP contribution in [0.25, 0.3) is 17.3 Å². The summed E-state index contributed by atoms with van der Waals surface area (Å²) in [6, 6.07) is 9.13. The molecule has 2 N–H and O–H groups in total. The number of furan rings is 1. The van der Waals surface area contributed by atoms with E-state index in [-0.39, 0.29) is 6.61 Å². The van der Waals surface area contributed by atoms with Crippen LogP contribution in [0.5, 0.6) is 11.5 Å². The Labute approximate surface area is 155 Å². The SMILES string of the molecule is COc1cccc(OC)c1-n1c(NSCCCO)nnc1-c1ccco1. The number of aliphatic hydroxyl groups is 1. The van der Waals surface area contributed by atoms with Crippen LogP contribution in [0.3, 0.4) is 0 Å². The van der Waals surface area contributed by atoms with E-state index in [1.54, 1.807) is 31.1 Å². The molecule has 0 aliphatic heterocycles. The maximum Gasteiger partial charge on any atom is 0.239 e. The number of nitrogens with zero attached hydrogens (tertiary/aromatic N) is 3. The summed E-state index contributed by atoms with van der Waals surface area (Å²) in [7, 11) is 3.19. The quantitative estimate of drug-likeness (QED) is 0.435. The number of aliphatic hydroxyl groups excluding tert-OH is 1. The van der Waals surface area contributed by atoms with Crippen molar-refractivity contribution in [1.29, 1.82) is 0 Å². The van der Waals surface area contributed by atoms with E-state index in [4.69, 9.17) is 19.0 Å². The fourth-order valence-corrected chi connectivity index (χ4v) is 3.07. The maximum atomic E-state index is 8.94. The first-order valence-corrected chi connectivity index (χ1v) is 8.98. The van der Waals surface area contributed by atoms with E-state index in [0.29, 0.717) is 41.1 Å². The molecule has 3 aromatic rings. The summed E-state index contributed by atoms with van der Waals surface area (Å²) in [6.45, 7) is 0.138. The summed E-state index contributed by atoms with van der Waals surface area (Å²) in [4.78, 5) is 0. The minimum atomic E-state index is 0.138. The van der Waals surface area contributed by atoms with Crippen molar-refractivity contribution in [1.82, 2.24) is 14.8 Å². The largest absolute Gasteiger partial charge is 0.494 e. The van der Waals surface area contributed by atoms with Crippen LogP contribution < -0.4 is 14.2 Å². The third-order valence-electron chi connectivity index (χ3n) is 3.60. The third kappa shape index (κ3) is 3.63. The predicted octanol–water partition coefficient (Wildman–Crippen LogP) is 2.99. The number of aromatic nitrogens is 3. The molecule has 1 aromatic carbocycles. The highest BCUT2D eigenvalue weighted by molar-refractivity contribution is 8.00. The van der Waals surface area contributed by atoms with Crippen molar-refractivity contribution in [3.8, 4) is 28.8 Å². The van der Waals surface area contributed by atoms with Gasteiger partial charge in [0.1, 0.15) is 17.2 Å². The molecular formula is C17H20N4O4S. The predicted molar refractivity (Wildman–Crippen MR) is 99.9 cm³/mol. The molecule has 0 spiro atoms. The minimum Gasteiger partial charge on any atom is -0.494 e. The molecule has 0 atom stereocenters. The molecule has 0 radical (unpaired) electrons. The van der Waals surface area contributed by atoms with Crippen LogP contribution in [-0.2, 0) is 0 Å². The van der Waals surface area contributed by atoms with Crippen LogP contribution in [0.15, 0.2) is 41.0 Å². The van der Waals surface area contributed by atoms with E-state index >= 15 is 0 Å². The first-order valence-electron chi connectivity index (χ1n) is 7.99. The van der Waals surface area contributed by atoms with E-state index < -0.39 is 0 Å². The lowest BCUT2D eigenvalue weighted by atomic mass is 10.2. The molecule has 0 amide bonds. The smallest absolute Gasteiger partial charge is 0.239 e. The molecule has 26 heavy (non-hydrogen) atoms. The van der Waals surface area contributed by atoms with Gasteiger partial charge in [-0.3, -0.25) is 9.29 Å². The van der Waals surface area contributed by atoms with Crippen molar-refractivity contribution in [3.05, 3.63) is 36.6 Å². The lowest BCUT2D eigenvalue weighted by Gasteiger charge is -2.16. The minimum absolute atomic E-state index is 0.138. The molecule has 0 saturated heterocycles. The summed E-state index contributed by atoms with van der Waals surface area (Å²) < 4.78 is 21.5. The van der Waals surface area contributed by atoms with Gasteiger partial charge in [-0.1, -0.05) is 18.0 Å². The summed E-state index contributed by atoms with van der Waals surface area (Å²) in [5.41, 5.74) is 0.666.